The van der Waals surface area contributed by atoms with Crippen molar-refractivity contribution in [1.29, 1.82) is 0 Å². The standard InChI is InChI=1S/C10H14N6O/c11-10-15-8-6(9(17)16-10)13-7(14-8)5-2-1-3-12-4-5/h5,12H,1-4H2,(H4,11,13,14,15,16,17). The van der Waals surface area contributed by atoms with E-state index in [1.54, 1.807) is 0 Å². The van der Waals surface area contributed by atoms with Gasteiger partial charge >= 0.3 is 0 Å². The molecule has 0 aliphatic carbocycles. The summed E-state index contributed by atoms with van der Waals surface area (Å²) in [6.45, 7) is 1.93. The molecule has 0 bridgehead atoms. The van der Waals surface area contributed by atoms with Gasteiger partial charge in [-0.3, -0.25) is 9.78 Å². The second-order valence-corrected chi connectivity index (χ2v) is 4.32. The zero-order valence-corrected chi connectivity index (χ0v) is 9.29. The van der Waals surface area contributed by atoms with Gasteiger partial charge in [-0.05, 0) is 19.4 Å². The number of anilines is 1. The largest absolute Gasteiger partial charge is 0.369 e. The minimum Gasteiger partial charge on any atom is -0.369 e. The number of imidazole rings is 1. The number of nitrogens with two attached hydrogens (primary N) is 1. The molecule has 3 heterocycles. The van der Waals surface area contributed by atoms with Crippen LogP contribution >= 0.6 is 0 Å². The van der Waals surface area contributed by atoms with Crippen LogP contribution in [0.3, 0.4) is 0 Å². The Labute approximate surface area is 96.9 Å². The lowest BCUT2D eigenvalue weighted by molar-refractivity contribution is 0.449. The molecule has 3 rings (SSSR count). The maximum Gasteiger partial charge on any atom is 0.278 e. The fraction of sp³-hybridized carbons (Fsp3) is 0.500. The zero-order valence-electron chi connectivity index (χ0n) is 9.29. The number of hydrogen-bond acceptors (Lipinski definition) is 5. The van der Waals surface area contributed by atoms with Crippen molar-refractivity contribution in [3.63, 3.8) is 0 Å². The van der Waals surface area contributed by atoms with Crippen molar-refractivity contribution in [3.05, 3.63) is 16.2 Å². The van der Waals surface area contributed by atoms with E-state index in [1.807, 2.05) is 0 Å². The van der Waals surface area contributed by atoms with Crippen LogP contribution in [0.5, 0.6) is 0 Å². The average molecular weight is 234 g/mol. The molecule has 0 spiro atoms. The first kappa shape index (κ1) is 10.3. The SMILES string of the molecule is Nc1nc2nc(C3CCCNC3)[nH]c2c(=O)[nH]1. The second-order valence-electron chi connectivity index (χ2n) is 4.32. The third kappa shape index (κ3) is 1.78. The monoisotopic (exact) mass is 234 g/mol. The number of piperidine rings is 1. The minimum atomic E-state index is -0.269. The van der Waals surface area contributed by atoms with E-state index in [0.717, 1.165) is 31.8 Å². The smallest absolute Gasteiger partial charge is 0.278 e. The van der Waals surface area contributed by atoms with Gasteiger partial charge in [0.15, 0.2) is 11.2 Å². The number of aromatic amines is 2. The first-order valence-electron chi connectivity index (χ1n) is 5.70. The fourth-order valence-electron chi connectivity index (χ4n) is 2.22. The maximum absolute atomic E-state index is 11.6. The lowest BCUT2D eigenvalue weighted by Gasteiger charge is -2.20. The number of nitrogens with zero attached hydrogens (tertiary/aromatic N) is 2. The van der Waals surface area contributed by atoms with Crippen molar-refractivity contribution >= 4 is 17.1 Å². The number of hydrogen-bond donors (Lipinski definition) is 4. The lowest BCUT2D eigenvalue weighted by atomic mass is 9.99. The topological polar surface area (TPSA) is 112 Å². The maximum atomic E-state index is 11.6. The van der Waals surface area contributed by atoms with Crippen LogP contribution in [0.15, 0.2) is 4.79 Å². The Morgan fingerprint density at radius 3 is 2.94 bits per heavy atom. The van der Waals surface area contributed by atoms with Crippen molar-refractivity contribution in [2.75, 3.05) is 18.8 Å². The quantitative estimate of drug-likeness (QED) is 0.541. The van der Waals surface area contributed by atoms with E-state index in [1.165, 1.54) is 0 Å². The van der Waals surface area contributed by atoms with E-state index in [9.17, 15) is 4.79 Å². The van der Waals surface area contributed by atoms with Gasteiger partial charge in [-0.15, -0.1) is 0 Å². The molecule has 5 N–H and O–H groups in total. The molecule has 1 aliphatic heterocycles. The third-order valence-corrected chi connectivity index (χ3v) is 3.08. The average Bonchev–Trinajstić information content (AvgIpc) is 2.74. The highest BCUT2D eigenvalue weighted by Gasteiger charge is 2.19. The molecule has 2 aromatic heterocycles. The molecule has 0 saturated carbocycles. The third-order valence-electron chi connectivity index (χ3n) is 3.08. The summed E-state index contributed by atoms with van der Waals surface area (Å²) in [5, 5.41) is 3.31. The van der Waals surface area contributed by atoms with Crippen LogP contribution in [-0.2, 0) is 0 Å². The number of aromatic nitrogens is 4. The molecule has 0 amide bonds. The van der Waals surface area contributed by atoms with Gasteiger partial charge in [-0.25, -0.2) is 4.98 Å². The summed E-state index contributed by atoms with van der Waals surface area (Å²) in [5.74, 6) is 1.23. The van der Waals surface area contributed by atoms with Crippen LogP contribution in [0, 0.1) is 0 Å². The number of H-pyrrole nitrogens is 2. The lowest BCUT2D eigenvalue weighted by Crippen LogP contribution is -2.28. The molecule has 0 aromatic carbocycles. The molecular weight excluding hydrogens is 220 g/mol. The second kappa shape index (κ2) is 3.85. The molecular formula is C10H14N6O. The van der Waals surface area contributed by atoms with Crippen molar-refractivity contribution in [1.82, 2.24) is 25.3 Å². The van der Waals surface area contributed by atoms with Crippen LogP contribution in [0.2, 0.25) is 0 Å². The Morgan fingerprint density at radius 1 is 1.29 bits per heavy atom. The highest BCUT2D eigenvalue weighted by atomic mass is 16.1. The van der Waals surface area contributed by atoms with Gasteiger partial charge in [0.25, 0.3) is 5.56 Å². The highest BCUT2D eigenvalue weighted by molar-refractivity contribution is 5.70. The number of nitrogen functional groups attached to an aromatic ring is 1. The van der Waals surface area contributed by atoms with Crippen LogP contribution in [0.4, 0.5) is 5.95 Å². The first-order valence-corrected chi connectivity index (χ1v) is 5.70. The van der Waals surface area contributed by atoms with E-state index < -0.39 is 0 Å². The Balaban J connectivity index is 2.06. The Morgan fingerprint density at radius 2 is 2.18 bits per heavy atom. The summed E-state index contributed by atoms with van der Waals surface area (Å²) in [5.41, 5.74) is 6.01. The molecule has 1 aliphatic rings. The highest BCUT2D eigenvalue weighted by Crippen LogP contribution is 2.21. The van der Waals surface area contributed by atoms with Gasteiger partial charge in [0.2, 0.25) is 5.95 Å². The van der Waals surface area contributed by atoms with Gasteiger partial charge < -0.3 is 16.0 Å². The molecule has 1 unspecified atom stereocenters. The van der Waals surface area contributed by atoms with Crippen LogP contribution in [-0.4, -0.2) is 33.0 Å². The zero-order chi connectivity index (χ0) is 11.8. The van der Waals surface area contributed by atoms with E-state index in [0.29, 0.717) is 17.1 Å². The molecule has 1 fully saturated rings. The number of rotatable bonds is 1. The van der Waals surface area contributed by atoms with Crippen molar-refractivity contribution in [2.45, 2.75) is 18.8 Å². The normalized spacial score (nSPS) is 20.8. The molecule has 1 atom stereocenters. The van der Waals surface area contributed by atoms with Crippen LogP contribution in [0.1, 0.15) is 24.6 Å². The molecule has 1 saturated heterocycles. The summed E-state index contributed by atoms with van der Waals surface area (Å²) >= 11 is 0. The van der Waals surface area contributed by atoms with E-state index in [2.05, 4.69) is 25.3 Å². The van der Waals surface area contributed by atoms with Crippen molar-refractivity contribution < 1.29 is 0 Å². The van der Waals surface area contributed by atoms with Crippen molar-refractivity contribution in [2.24, 2.45) is 0 Å². The van der Waals surface area contributed by atoms with E-state index >= 15 is 0 Å². The number of fused-ring (bicyclic) bond motifs is 1. The van der Waals surface area contributed by atoms with Gasteiger partial charge in [0.05, 0.1) is 0 Å². The Bertz CT molecular complexity index is 594. The minimum absolute atomic E-state index is 0.0994. The first-order chi connectivity index (χ1) is 8.24. The summed E-state index contributed by atoms with van der Waals surface area (Å²) in [7, 11) is 0. The van der Waals surface area contributed by atoms with Gasteiger partial charge in [-0.2, -0.15) is 4.98 Å². The summed E-state index contributed by atoms with van der Waals surface area (Å²) in [4.78, 5) is 25.5. The van der Waals surface area contributed by atoms with Gasteiger partial charge in [-0.1, -0.05) is 0 Å². The van der Waals surface area contributed by atoms with Gasteiger partial charge in [0.1, 0.15) is 5.82 Å². The summed E-state index contributed by atoms with van der Waals surface area (Å²) in [6.07, 6.45) is 2.19. The molecule has 90 valence electrons. The van der Waals surface area contributed by atoms with Crippen molar-refractivity contribution in [3.8, 4) is 0 Å². The van der Waals surface area contributed by atoms with Crippen LogP contribution in [0.25, 0.3) is 11.2 Å². The molecule has 17 heavy (non-hydrogen) atoms. The Hall–Kier alpha value is -1.89. The molecule has 7 heteroatoms. The predicted molar refractivity (Wildman–Crippen MR) is 63.8 cm³/mol. The predicted octanol–water partition coefficient (Wildman–Crippen LogP) is -0.305. The number of nitrogens with one attached hydrogen (secondary N) is 3. The fourth-order valence-corrected chi connectivity index (χ4v) is 2.22. The molecule has 0 radical (unpaired) electrons. The van der Waals surface area contributed by atoms with Gasteiger partial charge in [0, 0.05) is 12.5 Å². The van der Waals surface area contributed by atoms with Crippen LogP contribution < -0.4 is 16.6 Å². The molecule has 7 nitrogen and oxygen atoms in total. The molecule has 2 aromatic rings. The Kier molecular flexibility index (Phi) is 2.32. The van der Waals surface area contributed by atoms with E-state index in [-0.39, 0.29) is 11.5 Å². The summed E-state index contributed by atoms with van der Waals surface area (Å²) < 4.78 is 0. The van der Waals surface area contributed by atoms with E-state index in [4.69, 9.17) is 5.73 Å². The summed E-state index contributed by atoms with van der Waals surface area (Å²) in [6, 6.07) is 0.